The molecule has 648 valence electrons. The van der Waals surface area contributed by atoms with Crippen molar-refractivity contribution in [1.29, 1.82) is 0 Å². The molecule has 138 heavy (non-hydrogen) atoms. The van der Waals surface area contributed by atoms with Crippen LogP contribution < -0.4 is 0 Å². The molecule has 3 nitrogen and oxygen atoms in total. The van der Waals surface area contributed by atoms with Gasteiger partial charge in [-0.05, 0) is 202 Å². The van der Waals surface area contributed by atoms with Crippen LogP contribution in [0.4, 0.5) is 0 Å². The van der Waals surface area contributed by atoms with E-state index < -0.39 is 0 Å². The van der Waals surface area contributed by atoms with Gasteiger partial charge in [0, 0.05) is 111 Å². The van der Waals surface area contributed by atoms with E-state index in [1.165, 1.54) is 195 Å². The van der Waals surface area contributed by atoms with E-state index >= 15 is 0 Å². The molecule has 0 spiro atoms. The van der Waals surface area contributed by atoms with E-state index in [0.717, 1.165) is 65.8 Å². The Morgan fingerprint density at radius 1 is 0.109 bits per heavy atom. The number of benzene rings is 21. The second-order valence-corrected chi connectivity index (χ2v) is 38.1. The van der Waals surface area contributed by atoms with Crippen LogP contribution in [0.2, 0.25) is 0 Å². The van der Waals surface area contributed by atoms with Gasteiger partial charge in [-0.2, -0.15) is 0 Å². The normalized spacial score (nSPS) is 11.5. The van der Waals surface area contributed by atoms with Crippen molar-refractivity contribution in [3.05, 3.63) is 510 Å². The van der Waals surface area contributed by atoms with Gasteiger partial charge in [0.25, 0.3) is 0 Å². The molecule has 0 amide bonds. The molecule has 6 aromatic heterocycles. The first-order valence-electron chi connectivity index (χ1n) is 46.8. The van der Waals surface area contributed by atoms with Crippen LogP contribution in [0.25, 0.3) is 261 Å². The van der Waals surface area contributed by atoms with Gasteiger partial charge in [0.2, 0.25) is 0 Å². The lowest BCUT2D eigenvalue weighted by Crippen LogP contribution is -1.89. The van der Waals surface area contributed by atoms with Gasteiger partial charge in [-0.3, -0.25) is 0 Å². The summed E-state index contributed by atoms with van der Waals surface area (Å²) in [6, 6.07) is 183. The molecule has 0 fully saturated rings. The number of thiophene rings is 3. The molecule has 0 saturated carbocycles. The first-order valence-corrected chi connectivity index (χ1v) is 49.2. The molecule has 0 saturated heterocycles. The van der Waals surface area contributed by atoms with Gasteiger partial charge in [-0.1, -0.05) is 425 Å². The predicted octanol–water partition coefficient (Wildman–Crippen LogP) is 39.4. The molecule has 0 bridgehead atoms. The van der Waals surface area contributed by atoms with Gasteiger partial charge in [0.15, 0.2) is 0 Å². The topological polar surface area (TPSA) is 39.4 Å². The largest absolute Gasteiger partial charge is 0.456 e. The molecule has 21 aromatic carbocycles. The maximum absolute atomic E-state index is 6.20. The lowest BCUT2D eigenvalue weighted by Gasteiger charge is -2.16. The van der Waals surface area contributed by atoms with Gasteiger partial charge in [-0.25, -0.2) is 0 Å². The Morgan fingerprint density at radius 3 is 0.746 bits per heavy atom. The summed E-state index contributed by atoms with van der Waals surface area (Å²) in [5, 5.41) is 14.5. The van der Waals surface area contributed by atoms with Crippen LogP contribution in [-0.2, 0) is 0 Å². The third kappa shape index (κ3) is 15.6. The average molecular weight is 1810 g/mol. The minimum atomic E-state index is 0.910. The first kappa shape index (κ1) is 82.8. The maximum atomic E-state index is 6.20. The standard InChI is InChI=1S/3C44H28OS/c1-3-13-29(14-4-1)31-17-11-18-33(27-31)43-37-20-7-8-21-38(37)44(46-43)42-34(30-15-5-2-6-16-30)22-12-23-35(42)32-25-26-41-39(28-32)36-19-9-10-24-40(36)45-41;1-3-12-29(13-4-1)31-16-11-17-34(26-31)43-37-19-7-8-20-38(37)44(46-43)40-28-32(22-24-35(40)30-14-5-2-6-15-30)33-23-25-42-39(27-33)36-18-9-10-21-41(36)45-42;1-3-12-29(13-4-1)31-16-11-17-34(26-31)43-36-19-7-8-20-37(36)44(46-43)38-24-22-32(27-39(38)30-14-5-2-6-15-30)33-23-25-42-40(28-33)35-18-9-10-21-41(35)45-42/h3*1-28H. The van der Waals surface area contributed by atoms with Crippen LogP contribution >= 0.6 is 34.0 Å². The zero-order chi connectivity index (χ0) is 91.4. The minimum absolute atomic E-state index is 0.910. The third-order valence-electron chi connectivity index (χ3n) is 26.7. The fourth-order valence-electron chi connectivity index (χ4n) is 20.1. The highest BCUT2D eigenvalue weighted by Gasteiger charge is 2.26. The molecule has 0 aliphatic heterocycles. The highest BCUT2D eigenvalue weighted by molar-refractivity contribution is 7.22. The van der Waals surface area contributed by atoms with Crippen molar-refractivity contribution >= 4 is 132 Å². The zero-order valence-electron chi connectivity index (χ0n) is 74.9. The number of fused-ring (bicyclic) bond motifs is 12. The molecule has 0 aliphatic carbocycles. The summed E-state index contributed by atoms with van der Waals surface area (Å²) in [6.45, 7) is 0. The van der Waals surface area contributed by atoms with Crippen LogP contribution in [0.3, 0.4) is 0 Å². The molecule has 27 aromatic rings. The van der Waals surface area contributed by atoms with Gasteiger partial charge in [0.05, 0.1) is 0 Å². The van der Waals surface area contributed by atoms with Crippen LogP contribution in [0, 0.1) is 0 Å². The lowest BCUT2D eigenvalue weighted by molar-refractivity contribution is 0.668. The summed E-state index contributed by atoms with van der Waals surface area (Å²) in [5.41, 5.74) is 34.8. The van der Waals surface area contributed by atoms with Crippen LogP contribution in [0.1, 0.15) is 0 Å². The van der Waals surface area contributed by atoms with E-state index in [9.17, 15) is 0 Å². The molecule has 6 heteroatoms. The highest BCUT2D eigenvalue weighted by Crippen LogP contribution is 2.55. The summed E-state index contributed by atoms with van der Waals surface area (Å²) in [6.07, 6.45) is 0. The Labute approximate surface area is 811 Å². The quantitative estimate of drug-likeness (QED) is 0.103. The molecular weight excluding hydrogens is 1730 g/mol. The summed E-state index contributed by atoms with van der Waals surface area (Å²) in [5.74, 6) is 0. The fraction of sp³-hybridized carbons (Fsp3) is 0. The monoisotopic (exact) mass is 1810 g/mol. The van der Waals surface area contributed by atoms with E-state index in [0.29, 0.717) is 0 Å². The predicted molar refractivity (Wildman–Crippen MR) is 589 cm³/mol. The van der Waals surface area contributed by atoms with Crippen molar-refractivity contribution < 1.29 is 13.3 Å². The van der Waals surface area contributed by atoms with Crippen LogP contribution in [0.15, 0.2) is 523 Å². The minimum Gasteiger partial charge on any atom is -0.456 e. The van der Waals surface area contributed by atoms with Crippen LogP contribution in [-0.4, -0.2) is 0 Å². The molecular formula is C132H84O3S3. The highest BCUT2D eigenvalue weighted by atomic mass is 32.1. The van der Waals surface area contributed by atoms with Crippen molar-refractivity contribution in [2.75, 3.05) is 0 Å². The molecule has 0 unspecified atom stereocenters. The second-order valence-electron chi connectivity index (χ2n) is 35.0. The smallest absolute Gasteiger partial charge is 0.135 e. The Bertz CT molecular complexity index is 9220. The zero-order valence-corrected chi connectivity index (χ0v) is 77.4. The molecule has 0 aliphatic rings. The molecule has 0 N–H and O–H groups in total. The summed E-state index contributed by atoms with van der Waals surface area (Å²) >= 11 is 5.66. The van der Waals surface area contributed by atoms with Crippen molar-refractivity contribution in [2.45, 2.75) is 0 Å². The van der Waals surface area contributed by atoms with E-state index in [2.05, 4.69) is 473 Å². The number of furan rings is 3. The Hall–Kier alpha value is -17.1. The lowest BCUT2D eigenvalue weighted by atomic mass is 9.89. The first-order chi connectivity index (χ1) is 68.4. The van der Waals surface area contributed by atoms with Gasteiger partial charge in [-0.15, -0.1) is 34.0 Å². The number of hydrogen-bond acceptors (Lipinski definition) is 6. The van der Waals surface area contributed by atoms with Crippen molar-refractivity contribution in [1.82, 2.24) is 0 Å². The molecule has 27 rings (SSSR count). The van der Waals surface area contributed by atoms with Crippen molar-refractivity contribution in [2.24, 2.45) is 0 Å². The van der Waals surface area contributed by atoms with Gasteiger partial charge >= 0.3 is 0 Å². The average Bonchev–Trinajstić information content (AvgIpc) is 1.58. The van der Waals surface area contributed by atoms with E-state index in [1.54, 1.807) is 0 Å². The summed E-state index contributed by atoms with van der Waals surface area (Å²) in [4.78, 5) is 7.72. The summed E-state index contributed by atoms with van der Waals surface area (Å²) < 4.78 is 18.5. The van der Waals surface area contributed by atoms with Gasteiger partial charge in [0.1, 0.15) is 33.5 Å². The van der Waals surface area contributed by atoms with E-state index in [4.69, 9.17) is 13.3 Å². The number of para-hydroxylation sites is 3. The van der Waals surface area contributed by atoms with E-state index in [-0.39, 0.29) is 0 Å². The Kier molecular flexibility index (Phi) is 21.6. The molecule has 6 heterocycles. The summed E-state index contributed by atoms with van der Waals surface area (Å²) in [7, 11) is 0. The third-order valence-corrected chi connectivity index (χ3v) is 30.6. The maximum Gasteiger partial charge on any atom is 0.135 e. The SMILES string of the molecule is c1ccc(-c2cccc(-c3sc(-c4c(-c5ccccc5)cccc4-c4ccc5oc6ccccc6c5c4)c4ccccc34)c2)cc1.c1ccc(-c2cccc(-c3sc(-c4cc(-c5ccc6oc7ccccc7c6c5)ccc4-c4ccccc4)c4ccccc34)c2)cc1.c1ccc(-c2cccc(-c3sc(-c4ccc(-c5ccc6oc7ccccc7c6c5)cc4-c4ccccc4)c4ccccc34)c2)cc1. The second kappa shape index (κ2) is 36.0. The number of rotatable bonds is 15. The Morgan fingerprint density at radius 2 is 0.348 bits per heavy atom. The van der Waals surface area contributed by atoms with Gasteiger partial charge < -0.3 is 13.3 Å². The van der Waals surface area contributed by atoms with Crippen molar-refractivity contribution in [3.8, 4) is 163 Å². The molecule has 0 radical (unpaired) electrons. The number of hydrogen-bond donors (Lipinski definition) is 0. The fourth-order valence-corrected chi connectivity index (χ4v) is 24.0. The Balaban J connectivity index is 0.000000110. The molecule has 0 atom stereocenters. The van der Waals surface area contributed by atoms with Crippen LogP contribution in [0.5, 0.6) is 0 Å². The van der Waals surface area contributed by atoms with E-state index in [1.807, 2.05) is 70.4 Å². The van der Waals surface area contributed by atoms with Crippen molar-refractivity contribution in [3.63, 3.8) is 0 Å².